The molecule has 1 fully saturated rings. The first-order valence-corrected chi connectivity index (χ1v) is 11.4. The fourth-order valence-corrected chi connectivity index (χ4v) is 4.25. The van der Waals surface area contributed by atoms with E-state index in [1.807, 2.05) is 62.1 Å². The van der Waals surface area contributed by atoms with Crippen molar-refractivity contribution in [3.63, 3.8) is 0 Å². The van der Waals surface area contributed by atoms with Gasteiger partial charge in [-0.2, -0.15) is 4.98 Å². The number of carbonyl (C=O) groups excluding carboxylic acids is 1. The first-order chi connectivity index (χ1) is 16.0. The molecule has 1 aliphatic rings. The number of aryl methyl sites for hydroxylation is 1. The first kappa shape index (κ1) is 21.2. The van der Waals surface area contributed by atoms with Crippen molar-refractivity contribution >= 4 is 16.9 Å². The number of benzene rings is 2. The van der Waals surface area contributed by atoms with E-state index >= 15 is 0 Å². The molecule has 0 unspecified atom stereocenters. The Labute approximate surface area is 192 Å². The van der Waals surface area contributed by atoms with Gasteiger partial charge in [0.05, 0.1) is 17.8 Å². The molecule has 7 heteroatoms. The number of nitrogens with zero attached hydrogens (tertiary/aromatic N) is 3. The second kappa shape index (κ2) is 8.73. The van der Waals surface area contributed by atoms with Crippen LogP contribution in [-0.2, 0) is 0 Å². The highest BCUT2D eigenvalue weighted by atomic mass is 16.5. The van der Waals surface area contributed by atoms with E-state index < -0.39 is 0 Å². The third kappa shape index (κ3) is 4.35. The number of rotatable bonds is 5. The van der Waals surface area contributed by atoms with Gasteiger partial charge in [-0.15, -0.1) is 0 Å². The minimum atomic E-state index is -0.0220. The maximum atomic E-state index is 13.2. The number of carbonyl (C=O) groups is 1. The summed E-state index contributed by atoms with van der Waals surface area (Å²) in [6, 6.07) is 13.5. The topological polar surface area (TPSA) is 81.6 Å². The highest BCUT2D eigenvalue weighted by Crippen LogP contribution is 2.32. The lowest BCUT2D eigenvalue weighted by molar-refractivity contribution is 0.0704. The fraction of sp³-hybridized carbons (Fsp3) is 0.346. The Bertz CT molecular complexity index is 1260. The molecule has 1 amide bonds. The second-order valence-corrected chi connectivity index (χ2v) is 8.86. The Morgan fingerprint density at radius 1 is 1.12 bits per heavy atom. The van der Waals surface area contributed by atoms with Crippen LogP contribution in [0.5, 0.6) is 5.75 Å². The summed E-state index contributed by atoms with van der Waals surface area (Å²) in [6.45, 7) is 7.23. The summed E-state index contributed by atoms with van der Waals surface area (Å²) in [7, 11) is 0. The van der Waals surface area contributed by atoms with Crippen LogP contribution in [0.1, 0.15) is 54.4 Å². The Balaban J connectivity index is 1.28. The molecule has 7 nitrogen and oxygen atoms in total. The fourth-order valence-electron chi connectivity index (χ4n) is 4.25. The predicted molar refractivity (Wildman–Crippen MR) is 124 cm³/mol. The molecular weight excluding hydrogens is 418 g/mol. The standard InChI is InChI=1S/C26H27N3O4/c1-16(2)32-23-15-20(14-22-21(23)10-13-31-22)26(30)29-11-8-19(9-12-29)25-27-24(28-33-25)18-6-4-17(3)5-7-18/h4-7,10,13-16,19H,8-9,11-12H2,1-3H3. The zero-order valence-electron chi connectivity index (χ0n) is 19.1. The Morgan fingerprint density at radius 3 is 2.61 bits per heavy atom. The molecule has 0 aliphatic carbocycles. The molecule has 33 heavy (non-hydrogen) atoms. The zero-order valence-corrected chi connectivity index (χ0v) is 19.1. The molecule has 1 saturated heterocycles. The van der Waals surface area contributed by atoms with Gasteiger partial charge in [-0.05, 0) is 51.8 Å². The number of fused-ring (bicyclic) bond motifs is 1. The normalized spacial score (nSPS) is 14.8. The van der Waals surface area contributed by atoms with Gasteiger partial charge in [0.2, 0.25) is 11.7 Å². The molecule has 1 aliphatic heterocycles. The number of amides is 1. The molecule has 5 rings (SSSR count). The highest BCUT2D eigenvalue weighted by Gasteiger charge is 2.29. The summed E-state index contributed by atoms with van der Waals surface area (Å²) in [4.78, 5) is 19.7. The summed E-state index contributed by atoms with van der Waals surface area (Å²) in [5.41, 5.74) is 3.36. The number of hydrogen-bond donors (Lipinski definition) is 0. The minimum absolute atomic E-state index is 0.00315. The number of likely N-dealkylation sites (tertiary alicyclic amines) is 1. The first-order valence-electron chi connectivity index (χ1n) is 11.4. The van der Waals surface area contributed by atoms with Crippen molar-refractivity contribution in [3.05, 3.63) is 65.7 Å². The van der Waals surface area contributed by atoms with Gasteiger partial charge in [0, 0.05) is 30.1 Å². The molecular formula is C26H27N3O4. The number of furan rings is 1. The van der Waals surface area contributed by atoms with Crippen molar-refractivity contribution in [2.24, 2.45) is 0 Å². The predicted octanol–water partition coefficient (Wildman–Crippen LogP) is 5.60. The molecule has 0 spiro atoms. The van der Waals surface area contributed by atoms with Crippen molar-refractivity contribution in [1.82, 2.24) is 15.0 Å². The highest BCUT2D eigenvalue weighted by molar-refractivity contribution is 5.99. The molecule has 0 atom stereocenters. The van der Waals surface area contributed by atoms with E-state index in [0.717, 1.165) is 23.8 Å². The summed E-state index contributed by atoms with van der Waals surface area (Å²) < 4.78 is 17.1. The maximum absolute atomic E-state index is 13.2. The van der Waals surface area contributed by atoms with Gasteiger partial charge in [0.15, 0.2) is 0 Å². The van der Waals surface area contributed by atoms with Crippen LogP contribution in [0.4, 0.5) is 0 Å². The molecule has 2 aromatic carbocycles. The molecule has 0 N–H and O–H groups in total. The summed E-state index contributed by atoms with van der Waals surface area (Å²) >= 11 is 0. The van der Waals surface area contributed by atoms with E-state index in [9.17, 15) is 4.79 Å². The lowest BCUT2D eigenvalue weighted by atomic mass is 9.96. The maximum Gasteiger partial charge on any atom is 0.254 e. The van der Waals surface area contributed by atoms with Crippen LogP contribution in [0.3, 0.4) is 0 Å². The molecule has 4 aromatic rings. The summed E-state index contributed by atoms with van der Waals surface area (Å²) in [5.74, 6) is 2.04. The number of piperidine rings is 1. The molecule has 2 aromatic heterocycles. The third-order valence-corrected chi connectivity index (χ3v) is 6.03. The van der Waals surface area contributed by atoms with E-state index in [1.165, 1.54) is 5.56 Å². The lowest BCUT2D eigenvalue weighted by Gasteiger charge is -2.30. The van der Waals surface area contributed by atoms with Crippen molar-refractivity contribution in [3.8, 4) is 17.1 Å². The number of ether oxygens (including phenoxy) is 1. The van der Waals surface area contributed by atoms with Crippen LogP contribution in [0.25, 0.3) is 22.4 Å². The minimum Gasteiger partial charge on any atom is -0.490 e. The smallest absolute Gasteiger partial charge is 0.254 e. The van der Waals surface area contributed by atoms with Crippen LogP contribution in [0.15, 0.2) is 57.7 Å². The van der Waals surface area contributed by atoms with Crippen LogP contribution in [0, 0.1) is 6.92 Å². The van der Waals surface area contributed by atoms with Crippen LogP contribution < -0.4 is 4.74 Å². The van der Waals surface area contributed by atoms with Crippen molar-refractivity contribution < 1.29 is 18.5 Å². The molecule has 3 heterocycles. The molecule has 0 radical (unpaired) electrons. The van der Waals surface area contributed by atoms with Crippen LogP contribution >= 0.6 is 0 Å². The van der Waals surface area contributed by atoms with Gasteiger partial charge >= 0.3 is 0 Å². The number of aromatic nitrogens is 2. The Morgan fingerprint density at radius 2 is 1.88 bits per heavy atom. The van der Waals surface area contributed by atoms with Gasteiger partial charge in [0.25, 0.3) is 5.91 Å². The third-order valence-electron chi connectivity index (χ3n) is 6.03. The van der Waals surface area contributed by atoms with Crippen LogP contribution in [-0.4, -0.2) is 40.1 Å². The van der Waals surface area contributed by atoms with Gasteiger partial charge < -0.3 is 18.6 Å². The van der Waals surface area contributed by atoms with E-state index in [-0.39, 0.29) is 17.9 Å². The molecule has 0 bridgehead atoms. The molecule has 170 valence electrons. The SMILES string of the molecule is Cc1ccc(-c2noc(C3CCN(C(=O)c4cc(OC(C)C)c5ccoc5c4)CC3)n2)cc1. The van der Waals surface area contributed by atoms with Crippen LogP contribution in [0.2, 0.25) is 0 Å². The zero-order chi connectivity index (χ0) is 22.9. The monoisotopic (exact) mass is 445 g/mol. The van der Waals surface area contributed by atoms with Gasteiger partial charge in [0.1, 0.15) is 11.3 Å². The second-order valence-electron chi connectivity index (χ2n) is 8.86. The van der Waals surface area contributed by atoms with E-state index in [1.54, 1.807) is 12.3 Å². The summed E-state index contributed by atoms with van der Waals surface area (Å²) in [6.07, 6.45) is 3.18. The number of hydrogen-bond acceptors (Lipinski definition) is 6. The van der Waals surface area contributed by atoms with E-state index in [4.69, 9.17) is 13.7 Å². The summed E-state index contributed by atoms with van der Waals surface area (Å²) in [5, 5.41) is 5.03. The van der Waals surface area contributed by atoms with E-state index in [2.05, 4.69) is 10.1 Å². The molecule has 0 saturated carbocycles. The lowest BCUT2D eigenvalue weighted by Crippen LogP contribution is -2.38. The average Bonchev–Trinajstić information content (AvgIpc) is 3.49. The quantitative estimate of drug-likeness (QED) is 0.398. The van der Waals surface area contributed by atoms with E-state index in [0.29, 0.717) is 41.7 Å². The van der Waals surface area contributed by atoms with Crippen molar-refractivity contribution in [2.45, 2.75) is 45.6 Å². The largest absolute Gasteiger partial charge is 0.490 e. The Kier molecular flexibility index (Phi) is 5.62. The average molecular weight is 446 g/mol. The van der Waals surface area contributed by atoms with Crippen molar-refractivity contribution in [2.75, 3.05) is 13.1 Å². The van der Waals surface area contributed by atoms with Gasteiger partial charge in [-0.1, -0.05) is 35.0 Å². The van der Waals surface area contributed by atoms with Gasteiger partial charge in [-0.25, -0.2) is 0 Å². The van der Waals surface area contributed by atoms with Gasteiger partial charge in [-0.3, -0.25) is 4.79 Å². The Hall–Kier alpha value is -3.61. The van der Waals surface area contributed by atoms with Crippen molar-refractivity contribution in [1.29, 1.82) is 0 Å².